The summed E-state index contributed by atoms with van der Waals surface area (Å²) >= 11 is 0. The Hall–Kier alpha value is -2.25. The number of aliphatic hydroxyl groups is 11. The first-order valence-electron chi connectivity index (χ1n) is 30.9. The van der Waals surface area contributed by atoms with Gasteiger partial charge >= 0.3 is 0 Å². The predicted molar refractivity (Wildman–Crippen MR) is 305 cm³/mol. The van der Waals surface area contributed by atoms with Gasteiger partial charge in [-0.2, -0.15) is 0 Å². The van der Waals surface area contributed by atoms with Crippen molar-refractivity contribution < 1.29 is 89.4 Å². The second kappa shape index (κ2) is 44.3. The van der Waals surface area contributed by atoms with Gasteiger partial charge in [-0.25, -0.2) is 0 Å². The van der Waals surface area contributed by atoms with Crippen LogP contribution in [0.4, 0.5) is 0 Å². The number of unbranched alkanes of at least 4 members (excludes halogenated alkanes) is 23. The van der Waals surface area contributed by atoms with E-state index < -0.39 is 124 Å². The second-order valence-electron chi connectivity index (χ2n) is 22.2. The normalized spacial score (nSPS) is 30.3. The van der Waals surface area contributed by atoms with Gasteiger partial charge in [-0.05, 0) is 57.8 Å². The van der Waals surface area contributed by atoms with E-state index >= 15 is 0 Å². The number of hydrogen-bond donors (Lipinski definition) is 12. The van der Waals surface area contributed by atoms with E-state index in [0.29, 0.717) is 6.42 Å². The Morgan fingerprint density at radius 2 is 0.825 bits per heavy atom. The highest BCUT2D eigenvalue weighted by atomic mass is 16.8. The Kier molecular flexibility index (Phi) is 39.8. The number of carbonyl (C=O) groups excluding carboxylic acids is 1. The quantitative estimate of drug-likeness (QED) is 0.0250. The van der Waals surface area contributed by atoms with Crippen LogP contribution in [0.15, 0.2) is 48.6 Å². The maximum absolute atomic E-state index is 13.3. The topological polar surface area (TPSA) is 307 Å². The molecule has 0 aromatic rings. The third kappa shape index (κ3) is 27.6. The lowest BCUT2D eigenvalue weighted by Crippen LogP contribution is -2.66. The van der Waals surface area contributed by atoms with Crippen LogP contribution >= 0.6 is 0 Å². The summed E-state index contributed by atoms with van der Waals surface area (Å²) in [5.41, 5.74) is 0. The molecule has 466 valence electrons. The highest BCUT2D eigenvalue weighted by Gasteiger charge is 2.53. The second-order valence-corrected chi connectivity index (χ2v) is 22.2. The summed E-state index contributed by atoms with van der Waals surface area (Å²) in [5.74, 6) is -0.283. The van der Waals surface area contributed by atoms with Crippen LogP contribution < -0.4 is 5.32 Å². The minimum atomic E-state index is -1.98. The molecule has 0 bridgehead atoms. The summed E-state index contributed by atoms with van der Waals surface area (Å²) in [5, 5.41) is 120. The fourth-order valence-corrected chi connectivity index (χ4v) is 10.3. The average molecular weight is 1140 g/mol. The molecule has 19 heteroatoms. The maximum Gasteiger partial charge on any atom is 0.220 e. The van der Waals surface area contributed by atoms with Gasteiger partial charge in [-0.1, -0.05) is 184 Å². The van der Waals surface area contributed by atoms with E-state index in [1.807, 2.05) is 6.08 Å². The van der Waals surface area contributed by atoms with Crippen LogP contribution in [0.1, 0.15) is 200 Å². The van der Waals surface area contributed by atoms with E-state index in [9.17, 15) is 61.0 Å². The zero-order valence-electron chi connectivity index (χ0n) is 48.5. The van der Waals surface area contributed by atoms with Crippen LogP contribution in [0, 0.1) is 0 Å². The first-order valence-corrected chi connectivity index (χ1v) is 30.9. The van der Waals surface area contributed by atoms with Crippen molar-refractivity contribution in [3.63, 3.8) is 0 Å². The summed E-state index contributed by atoms with van der Waals surface area (Å²) < 4.78 is 34.2. The van der Waals surface area contributed by atoms with Crippen LogP contribution in [0.3, 0.4) is 0 Å². The van der Waals surface area contributed by atoms with Crippen molar-refractivity contribution in [3.8, 4) is 0 Å². The molecule has 17 atom stereocenters. The van der Waals surface area contributed by atoms with E-state index in [0.717, 1.165) is 70.6 Å². The molecule has 12 N–H and O–H groups in total. The summed E-state index contributed by atoms with van der Waals surface area (Å²) in [4.78, 5) is 13.3. The molecule has 3 saturated heterocycles. The van der Waals surface area contributed by atoms with Crippen molar-refractivity contribution in [3.05, 3.63) is 48.6 Å². The minimum absolute atomic E-state index is 0.237. The Morgan fingerprint density at radius 1 is 0.450 bits per heavy atom. The molecule has 17 unspecified atom stereocenters. The fraction of sp³-hybridized carbons (Fsp3) is 0.852. The molecule has 0 saturated carbocycles. The molecule has 19 nitrogen and oxygen atoms in total. The third-order valence-corrected chi connectivity index (χ3v) is 15.4. The highest BCUT2D eigenvalue weighted by molar-refractivity contribution is 5.76. The largest absolute Gasteiger partial charge is 0.394 e. The predicted octanol–water partition coefficient (Wildman–Crippen LogP) is 5.87. The van der Waals surface area contributed by atoms with E-state index in [-0.39, 0.29) is 18.9 Å². The van der Waals surface area contributed by atoms with Gasteiger partial charge in [0.15, 0.2) is 18.9 Å². The zero-order chi connectivity index (χ0) is 58.3. The molecule has 0 aromatic carbocycles. The van der Waals surface area contributed by atoms with Crippen LogP contribution in [-0.2, 0) is 33.2 Å². The Morgan fingerprint density at radius 3 is 1.29 bits per heavy atom. The minimum Gasteiger partial charge on any atom is -0.394 e. The molecule has 0 radical (unpaired) electrons. The van der Waals surface area contributed by atoms with Gasteiger partial charge in [0.05, 0.1) is 38.6 Å². The molecule has 0 aromatic heterocycles. The number of allylic oxidation sites excluding steroid dienone is 7. The monoisotopic (exact) mass is 1140 g/mol. The van der Waals surface area contributed by atoms with Crippen molar-refractivity contribution in [1.29, 1.82) is 0 Å². The van der Waals surface area contributed by atoms with Crippen molar-refractivity contribution in [2.24, 2.45) is 0 Å². The molecule has 3 fully saturated rings. The van der Waals surface area contributed by atoms with Crippen molar-refractivity contribution >= 4 is 5.91 Å². The van der Waals surface area contributed by atoms with Gasteiger partial charge in [0.25, 0.3) is 0 Å². The van der Waals surface area contributed by atoms with Gasteiger partial charge in [0, 0.05) is 6.42 Å². The molecule has 0 spiro atoms. The van der Waals surface area contributed by atoms with Crippen molar-refractivity contribution in [1.82, 2.24) is 5.32 Å². The number of ether oxygens (including phenoxy) is 6. The summed E-state index contributed by atoms with van der Waals surface area (Å²) in [6.07, 6.45) is 22.5. The van der Waals surface area contributed by atoms with E-state index in [4.69, 9.17) is 28.4 Å². The molecular weight excluding hydrogens is 1030 g/mol. The molecule has 1 amide bonds. The summed E-state index contributed by atoms with van der Waals surface area (Å²) in [6.45, 7) is 1.67. The summed E-state index contributed by atoms with van der Waals surface area (Å²) in [7, 11) is 0. The molecule has 0 aliphatic carbocycles. The number of nitrogens with one attached hydrogen (secondary N) is 1. The molecule has 3 aliphatic rings. The summed E-state index contributed by atoms with van der Waals surface area (Å²) in [6, 6.07) is -0.974. The lowest BCUT2D eigenvalue weighted by Gasteiger charge is -2.48. The maximum atomic E-state index is 13.3. The Bertz CT molecular complexity index is 1650. The first-order chi connectivity index (χ1) is 38.8. The van der Waals surface area contributed by atoms with Crippen molar-refractivity contribution in [2.45, 2.75) is 304 Å². The van der Waals surface area contributed by atoms with Crippen LogP contribution in [0.5, 0.6) is 0 Å². The lowest BCUT2D eigenvalue weighted by atomic mass is 9.96. The molecular formula is C61H109NO18. The van der Waals surface area contributed by atoms with E-state index in [1.165, 1.54) is 103 Å². The lowest BCUT2D eigenvalue weighted by molar-refractivity contribution is -0.379. The fourth-order valence-electron chi connectivity index (χ4n) is 10.3. The SMILES string of the molecule is CCCCCCC/C=C\C/C=C\C/C=C\CCCCCCCCCCCCC(=O)NC(COC1OC(CO)C(OC2OC(CO)C(OC3OC(CO)C(O)C(O)C3O)C(O)C2O)C(O)C1O)C(O)/C=C/CCCCCCCCCC. The van der Waals surface area contributed by atoms with Gasteiger partial charge < -0.3 is 89.9 Å². The smallest absolute Gasteiger partial charge is 0.220 e. The van der Waals surface area contributed by atoms with Gasteiger partial charge in [-0.3, -0.25) is 4.79 Å². The van der Waals surface area contributed by atoms with Crippen LogP contribution in [0.25, 0.3) is 0 Å². The highest BCUT2D eigenvalue weighted by Crippen LogP contribution is 2.33. The molecule has 80 heavy (non-hydrogen) atoms. The third-order valence-electron chi connectivity index (χ3n) is 15.4. The number of aliphatic hydroxyl groups excluding tert-OH is 11. The number of hydrogen-bond acceptors (Lipinski definition) is 18. The first kappa shape index (κ1) is 72.0. The zero-order valence-corrected chi connectivity index (χ0v) is 48.5. The van der Waals surface area contributed by atoms with E-state index in [2.05, 4.69) is 55.6 Å². The molecule has 3 aliphatic heterocycles. The van der Waals surface area contributed by atoms with Gasteiger partial charge in [-0.15, -0.1) is 0 Å². The molecule has 3 heterocycles. The standard InChI is InChI=1S/C61H109NO18/c1-3-5-7-9-11-13-15-16-17-18-19-20-21-22-23-24-25-26-27-28-29-31-33-35-37-39-49(67)62-44(45(66)38-36-34-32-30-14-12-10-8-6-4-2)43-75-59-55(73)52(70)57(47(41-64)77-59)80-61-56(74)53(71)58(48(42-65)78-61)79-60-54(72)51(69)50(68)46(40-63)76-60/h15-16,18-19,21-22,36,38,44-48,50-61,63-66,68-74H,3-14,17,20,23-35,37,39-43H2,1-2H3,(H,62,67)/b16-15-,19-18-,22-21-,38-36+. The van der Waals surface area contributed by atoms with Crippen LogP contribution in [-0.4, -0.2) is 193 Å². The van der Waals surface area contributed by atoms with Gasteiger partial charge in [0.2, 0.25) is 5.91 Å². The Labute approximate surface area is 478 Å². The number of carbonyl (C=O) groups is 1. The average Bonchev–Trinajstić information content (AvgIpc) is 3.47. The van der Waals surface area contributed by atoms with Gasteiger partial charge in [0.1, 0.15) is 73.2 Å². The number of amides is 1. The van der Waals surface area contributed by atoms with E-state index in [1.54, 1.807) is 6.08 Å². The number of rotatable bonds is 45. The van der Waals surface area contributed by atoms with Crippen molar-refractivity contribution in [2.75, 3.05) is 26.4 Å². The molecule has 3 rings (SSSR count). The Balaban J connectivity index is 1.43. The van der Waals surface area contributed by atoms with Crippen LogP contribution in [0.2, 0.25) is 0 Å².